The van der Waals surface area contributed by atoms with Crippen LogP contribution in [-0.4, -0.2) is 47.0 Å². The number of hydrogen-bond acceptors (Lipinski definition) is 4. The van der Waals surface area contributed by atoms with Gasteiger partial charge in [0, 0.05) is 63.9 Å². The highest BCUT2D eigenvalue weighted by Crippen LogP contribution is 2.30. The van der Waals surface area contributed by atoms with E-state index in [0.29, 0.717) is 6.04 Å². The van der Waals surface area contributed by atoms with E-state index in [9.17, 15) is 0 Å². The lowest BCUT2D eigenvalue weighted by Gasteiger charge is -2.43. The molecule has 1 aromatic heterocycles. The van der Waals surface area contributed by atoms with E-state index in [1.54, 1.807) is 0 Å². The van der Waals surface area contributed by atoms with Crippen molar-refractivity contribution in [2.45, 2.75) is 25.7 Å². The van der Waals surface area contributed by atoms with Gasteiger partial charge in [-0.05, 0) is 28.8 Å². The maximum Gasteiger partial charge on any atom is 0.0545 e. The molecule has 0 N–H and O–H groups in total. The summed E-state index contributed by atoms with van der Waals surface area (Å²) in [6, 6.07) is 24.6. The van der Waals surface area contributed by atoms with Crippen LogP contribution in [0, 0.1) is 0 Å². The van der Waals surface area contributed by atoms with E-state index in [1.807, 2.05) is 18.5 Å². The number of para-hydroxylation sites is 1. The number of rotatable bonds is 4. The molecule has 4 nitrogen and oxygen atoms in total. The maximum absolute atomic E-state index is 4.31. The molecule has 1 saturated heterocycles. The summed E-state index contributed by atoms with van der Waals surface area (Å²) in [6.07, 6.45) is 3.85. The molecule has 3 aromatic rings. The molecule has 0 spiro atoms. The molecule has 1 fully saturated rings. The maximum atomic E-state index is 4.31. The number of nitrogens with zero attached hydrogens (tertiary/aromatic N) is 4. The molecular formula is C25H28N4. The lowest BCUT2D eigenvalue weighted by atomic mass is 10.1. The Morgan fingerprint density at radius 1 is 0.759 bits per heavy atom. The molecule has 4 heteroatoms. The van der Waals surface area contributed by atoms with Crippen molar-refractivity contribution in [2.75, 3.05) is 31.1 Å². The largest absolute Gasteiger partial charge is 0.364 e. The first-order chi connectivity index (χ1) is 14.3. The molecular weight excluding hydrogens is 356 g/mol. The van der Waals surface area contributed by atoms with Gasteiger partial charge in [-0.2, -0.15) is 0 Å². The third kappa shape index (κ3) is 4.19. The van der Waals surface area contributed by atoms with Crippen molar-refractivity contribution in [1.82, 2.24) is 14.8 Å². The number of pyridine rings is 1. The van der Waals surface area contributed by atoms with Gasteiger partial charge in [0.2, 0.25) is 0 Å². The monoisotopic (exact) mass is 384 g/mol. The molecule has 0 bridgehead atoms. The first kappa shape index (κ1) is 18.3. The summed E-state index contributed by atoms with van der Waals surface area (Å²) in [5.41, 5.74) is 5.55. The highest BCUT2D eigenvalue weighted by atomic mass is 15.3. The highest BCUT2D eigenvalue weighted by molar-refractivity contribution is 5.56. The van der Waals surface area contributed by atoms with Crippen molar-refractivity contribution in [1.29, 1.82) is 0 Å². The zero-order valence-corrected chi connectivity index (χ0v) is 16.8. The number of fused-ring (bicyclic) bond motifs is 3. The third-order valence-electron chi connectivity index (χ3n) is 6.11. The number of hydrogen-bond donors (Lipinski definition) is 0. The molecule has 2 aliphatic rings. The second-order valence-electron chi connectivity index (χ2n) is 8.23. The van der Waals surface area contributed by atoms with Crippen LogP contribution in [0.3, 0.4) is 0 Å². The normalized spacial score (nSPS) is 20.0. The van der Waals surface area contributed by atoms with E-state index in [0.717, 1.165) is 45.8 Å². The number of piperazine rings is 1. The fourth-order valence-corrected chi connectivity index (χ4v) is 4.78. The first-order valence-corrected chi connectivity index (χ1v) is 10.6. The molecule has 0 radical (unpaired) electrons. The van der Waals surface area contributed by atoms with Crippen LogP contribution in [0.5, 0.6) is 0 Å². The second-order valence-corrected chi connectivity index (χ2v) is 8.23. The topological polar surface area (TPSA) is 22.6 Å². The summed E-state index contributed by atoms with van der Waals surface area (Å²) >= 11 is 0. The summed E-state index contributed by atoms with van der Waals surface area (Å²) in [7, 11) is 0. The van der Waals surface area contributed by atoms with Crippen molar-refractivity contribution in [3.05, 3.63) is 95.8 Å². The molecule has 0 aliphatic carbocycles. The van der Waals surface area contributed by atoms with E-state index in [2.05, 4.69) is 80.3 Å². The van der Waals surface area contributed by atoms with Crippen molar-refractivity contribution < 1.29 is 0 Å². The van der Waals surface area contributed by atoms with Gasteiger partial charge in [0.05, 0.1) is 6.04 Å². The Hall–Kier alpha value is -2.69. The van der Waals surface area contributed by atoms with E-state index in [-0.39, 0.29) is 0 Å². The van der Waals surface area contributed by atoms with Crippen LogP contribution >= 0.6 is 0 Å². The van der Waals surface area contributed by atoms with Gasteiger partial charge in [0.15, 0.2) is 0 Å². The Morgan fingerprint density at radius 3 is 2.38 bits per heavy atom. The van der Waals surface area contributed by atoms with Crippen LogP contribution in [0.2, 0.25) is 0 Å². The smallest absolute Gasteiger partial charge is 0.0545 e. The van der Waals surface area contributed by atoms with Gasteiger partial charge in [-0.1, -0.05) is 54.6 Å². The minimum Gasteiger partial charge on any atom is -0.364 e. The SMILES string of the molecule is c1ccc(CN2CCN3c4ccccc4CN(Cc4cccnc4)CC3C2)cc1. The van der Waals surface area contributed by atoms with Crippen molar-refractivity contribution in [3.63, 3.8) is 0 Å². The fourth-order valence-electron chi connectivity index (χ4n) is 4.78. The third-order valence-corrected chi connectivity index (χ3v) is 6.11. The zero-order chi connectivity index (χ0) is 19.5. The van der Waals surface area contributed by atoms with Gasteiger partial charge in [-0.25, -0.2) is 0 Å². The Bertz CT molecular complexity index is 928. The summed E-state index contributed by atoms with van der Waals surface area (Å²) < 4.78 is 0. The summed E-state index contributed by atoms with van der Waals surface area (Å²) in [5, 5.41) is 0. The molecule has 1 atom stereocenters. The number of aromatic nitrogens is 1. The molecule has 1 unspecified atom stereocenters. The average molecular weight is 385 g/mol. The van der Waals surface area contributed by atoms with Crippen LogP contribution in [0.15, 0.2) is 79.1 Å². The highest BCUT2D eigenvalue weighted by Gasteiger charge is 2.32. The summed E-state index contributed by atoms with van der Waals surface area (Å²) in [5.74, 6) is 0. The van der Waals surface area contributed by atoms with Gasteiger partial charge in [-0.15, -0.1) is 0 Å². The zero-order valence-electron chi connectivity index (χ0n) is 16.8. The number of benzene rings is 2. The fraction of sp³-hybridized carbons (Fsp3) is 0.320. The van der Waals surface area contributed by atoms with Crippen molar-refractivity contribution in [3.8, 4) is 0 Å². The van der Waals surface area contributed by atoms with E-state index in [1.165, 1.54) is 22.4 Å². The van der Waals surface area contributed by atoms with Crippen LogP contribution in [-0.2, 0) is 19.6 Å². The molecule has 148 valence electrons. The van der Waals surface area contributed by atoms with Crippen LogP contribution in [0.1, 0.15) is 16.7 Å². The van der Waals surface area contributed by atoms with Gasteiger partial charge >= 0.3 is 0 Å². The van der Waals surface area contributed by atoms with E-state index < -0.39 is 0 Å². The number of anilines is 1. The summed E-state index contributed by atoms with van der Waals surface area (Å²) in [4.78, 5) is 12.2. The van der Waals surface area contributed by atoms with Gasteiger partial charge < -0.3 is 4.90 Å². The minimum atomic E-state index is 0.507. The second kappa shape index (κ2) is 8.36. The Balaban J connectivity index is 1.37. The predicted molar refractivity (Wildman–Crippen MR) is 118 cm³/mol. The molecule has 3 heterocycles. The van der Waals surface area contributed by atoms with Crippen molar-refractivity contribution >= 4 is 5.69 Å². The van der Waals surface area contributed by atoms with E-state index in [4.69, 9.17) is 0 Å². The molecule has 0 amide bonds. The van der Waals surface area contributed by atoms with Crippen LogP contribution < -0.4 is 4.90 Å². The average Bonchev–Trinajstić information content (AvgIpc) is 2.91. The summed E-state index contributed by atoms with van der Waals surface area (Å²) in [6.45, 7) is 7.37. The quantitative estimate of drug-likeness (QED) is 0.683. The lowest BCUT2D eigenvalue weighted by molar-refractivity contribution is 0.172. The molecule has 2 aromatic carbocycles. The van der Waals surface area contributed by atoms with Gasteiger partial charge in [0.25, 0.3) is 0 Å². The Labute approximate surface area is 173 Å². The van der Waals surface area contributed by atoms with Crippen LogP contribution in [0.4, 0.5) is 5.69 Å². The van der Waals surface area contributed by atoms with E-state index >= 15 is 0 Å². The Kier molecular flexibility index (Phi) is 5.29. The minimum absolute atomic E-state index is 0.507. The first-order valence-electron chi connectivity index (χ1n) is 10.6. The van der Waals surface area contributed by atoms with Gasteiger partial charge in [0.1, 0.15) is 0 Å². The predicted octanol–water partition coefficient (Wildman–Crippen LogP) is 3.79. The standard InChI is InChI=1S/C25H28N4/c1-2-7-21(8-3-1)16-27-13-14-29-24(19-27)20-28(17-22-9-6-12-26-15-22)18-23-10-4-5-11-25(23)29/h1-12,15,24H,13-14,16-20H2. The molecule has 2 aliphatic heterocycles. The molecule has 29 heavy (non-hydrogen) atoms. The van der Waals surface area contributed by atoms with Gasteiger partial charge in [-0.3, -0.25) is 14.8 Å². The van der Waals surface area contributed by atoms with Crippen LogP contribution in [0.25, 0.3) is 0 Å². The van der Waals surface area contributed by atoms with Crippen molar-refractivity contribution in [2.24, 2.45) is 0 Å². The molecule has 0 saturated carbocycles. The lowest BCUT2D eigenvalue weighted by Crippen LogP contribution is -2.55. The molecule has 5 rings (SSSR count). The Morgan fingerprint density at radius 2 is 1.52 bits per heavy atom.